The van der Waals surface area contributed by atoms with E-state index in [4.69, 9.17) is 10.5 Å². The monoisotopic (exact) mass is 256 g/mol. The molecule has 4 nitrogen and oxygen atoms in total. The predicted molar refractivity (Wildman–Crippen MR) is 73.2 cm³/mol. The Morgan fingerprint density at radius 2 is 2.17 bits per heavy atom. The second-order valence-corrected chi connectivity index (χ2v) is 6.16. The zero-order valence-electron chi connectivity index (χ0n) is 12.2. The van der Waals surface area contributed by atoms with E-state index in [0.29, 0.717) is 12.5 Å². The molecule has 1 aliphatic carbocycles. The van der Waals surface area contributed by atoms with Crippen LogP contribution in [0.3, 0.4) is 0 Å². The number of nitrogens with two attached hydrogens (primary N) is 1. The Morgan fingerprint density at radius 1 is 1.50 bits per heavy atom. The molecule has 0 saturated heterocycles. The summed E-state index contributed by atoms with van der Waals surface area (Å²) >= 11 is 0. The first-order chi connectivity index (χ1) is 8.35. The lowest BCUT2D eigenvalue weighted by Gasteiger charge is -2.31. The Kier molecular flexibility index (Phi) is 5.60. The minimum Gasteiger partial charge on any atom is -0.377 e. The summed E-state index contributed by atoms with van der Waals surface area (Å²) in [4.78, 5) is 12.1. The van der Waals surface area contributed by atoms with Crippen molar-refractivity contribution in [3.8, 4) is 0 Å². The molecule has 1 amide bonds. The molecule has 0 heterocycles. The first kappa shape index (κ1) is 15.4. The van der Waals surface area contributed by atoms with Crippen LogP contribution in [0.5, 0.6) is 0 Å². The van der Waals surface area contributed by atoms with E-state index in [1.807, 2.05) is 20.8 Å². The molecule has 1 saturated carbocycles. The predicted octanol–water partition coefficient (Wildman–Crippen LogP) is 1.68. The number of nitrogens with one attached hydrogen (secondary N) is 1. The number of amides is 1. The molecule has 3 N–H and O–H groups in total. The lowest BCUT2D eigenvalue weighted by atomic mass is 9.78. The summed E-state index contributed by atoms with van der Waals surface area (Å²) in [7, 11) is 1.66. The van der Waals surface area contributed by atoms with Crippen LogP contribution < -0.4 is 11.1 Å². The molecular weight excluding hydrogens is 228 g/mol. The highest BCUT2D eigenvalue weighted by Crippen LogP contribution is 2.29. The van der Waals surface area contributed by atoms with E-state index in [1.54, 1.807) is 7.11 Å². The average Bonchev–Trinajstić information content (AvgIpc) is 2.35. The van der Waals surface area contributed by atoms with Crippen molar-refractivity contribution in [1.82, 2.24) is 5.32 Å². The van der Waals surface area contributed by atoms with Crippen LogP contribution in [0.4, 0.5) is 0 Å². The summed E-state index contributed by atoms with van der Waals surface area (Å²) in [5.41, 5.74) is 5.67. The second kappa shape index (κ2) is 6.53. The molecule has 3 atom stereocenters. The van der Waals surface area contributed by atoms with Gasteiger partial charge in [0.15, 0.2) is 0 Å². The van der Waals surface area contributed by atoms with Crippen LogP contribution in [0.25, 0.3) is 0 Å². The molecule has 106 valence electrons. The molecule has 0 spiro atoms. The van der Waals surface area contributed by atoms with E-state index < -0.39 is 0 Å². The first-order valence-corrected chi connectivity index (χ1v) is 6.94. The van der Waals surface area contributed by atoms with Crippen LogP contribution in [0.1, 0.15) is 46.5 Å². The summed E-state index contributed by atoms with van der Waals surface area (Å²) in [6.07, 6.45) is 4.34. The number of carbonyl (C=O) groups excluding carboxylic acids is 1. The zero-order valence-corrected chi connectivity index (χ0v) is 12.2. The molecule has 0 aromatic heterocycles. The van der Waals surface area contributed by atoms with E-state index in [2.05, 4.69) is 5.32 Å². The molecule has 0 bridgehead atoms. The summed E-state index contributed by atoms with van der Waals surface area (Å²) in [6.45, 7) is 6.49. The molecule has 3 unspecified atom stereocenters. The van der Waals surface area contributed by atoms with Crippen molar-refractivity contribution in [3.63, 3.8) is 0 Å². The van der Waals surface area contributed by atoms with Crippen LogP contribution >= 0.6 is 0 Å². The normalized spacial score (nSPS) is 26.7. The molecule has 18 heavy (non-hydrogen) atoms. The number of ether oxygens (including phenoxy) is 1. The molecule has 0 aliphatic heterocycles. The van der Waals surface area contributed by atoms with Gasteiger partial charge in [-0.3, -0.25) is 4.79 Å². The maximum atomic E-state index is 12.1. The summed E-state index contributed by atoms with van der Waals surface area (Å²) in [6, 6.07) is 0.273. The first-order valence-electron chi connectivity index (χ1n) is 6.94. The zero-order chi connectivity index (χ0) is 13.8. The van der Waals surface area contributed by atoms with Gasteiger partial charge in [0, 0.05) is 25.6 Å². The van der Waals surface area contributed by atoms with Gasteiger partial charge in [-0.05, 0) is 39.0 Å². The van der Waals surface area contributed by atoms with Crippen LogP contribution in [-0.2, 0) is 9.53 Å². The standard InChI is InChI=1S/C14H28N2O2/c1-10(11-6-5-7-12(15)8-11)13(17)16-9-14(2,3)18-4/h10-12H,5-9,15H2,1-4H3,(H,16,17). The van der Waals surface area contributed by atoms with Gasteiger partial charge in [0.2, 0.25) is 5.91 Å². The van der Waals surface area contributed by atoms with Gasteiger partial charge in [-0.15, -0.1) is 0 Å². The molecule has 0 radical (unpaired) electrons. The molecular formula is C14H28N2O2. The third kappa shape index (κ3) is 4.58. The number of methoxy groups -OCH3 is 1. The minimum atomic E-state index is -0.307. The highest BCUT2D eigenvalue weighted by molar-refractivity contribution is 5.78. The van der Waals surface area contributed by atoms with E-state index >= 15 is 0 Å². The van der Waals surface area contributed by atoms with Gasteiger partial charge < -0.3 is 15.8 Å². The van der Waals surface area contributed by atoms with Crippen LogP contribution in [-0.4, -0.2) is 31.2 Å². The summed E-state index contributed by atoms with van der Waals surface area (Å²) in [5.74, 6) is 0.600. The Labute approximate surface area is 111 Å². The van der Waals surface area contributed by atoms with Gasteiger partial charge in [0.1, 0.15) is 0 Å². The molecule has 1 aliphatic rings. The molecule has 1 fully saturated rings. The van der Waals surface area contributed by atoms with Gasteiger partial charge >= 0.3 is 0 Å². The number of hydrogen-bond acceptors (Lipinski definition) is 3. The molecule has 0 aromatic carbocycles. The third-order valence-electron chi connectivity index (χ3n) is 4.12. The van der Waals surface area contributed by atoms with Crippen molar-refractivity contribution in [2.45, 2.75) is 58.1 Å². The highest BCUT2D eigenvalue weighted by Gasteiger charge is 2.29. The Hall–Kier alpha value is -0.610. The molecule has 1 rings (SSSR count). The number of carbonyl (C=O) groups is 1. The third-order valence-corrected chi connectivity index (χ3v) is 4.12. The maximum Gasteiger partial charge on any atom is 0.223 e. The fourth-order valence-electron chi connectivity index (χ4n) is 2.47. The van der Waals surface area contributed by atoms with Crippen molar-refractivity contribution in [2.24, 2.45) is 17.6 Å². The maximum absolute atomic E-state index is 12.1. The van der Waals surface area contributed by atoms with Crippen molar-refractivity contribution in [3.05, 3.63) is 0 Å². The van der Waals surface area contributed by atoms with Crippen molar-refractivity contribution < 1.29 is 9.53 Å². The van der Waals surface area contributed by atoms with E-state index in [1.165, 1.54) is 0 Å². The quantitative estimate of drug-likeness (QED) is 0.786. The topological polar surface area (TPSA) is 64.3 Å². The SMILES string of the molecule is COC(C)(C)CNC(=O)C(C)C1CCCC(N)C1. The number of hydrogen-bond donors (Lipinski definition) is 2. The van der Waals surface area contributed by atoms with Crippen LogP contribution in [0.2, 0.25) is 0 Å². The minimum absolute atomic E-state index is 0.0454. The highest BCUT2D eigenvalue weighted by atomic mass is 16.5. The van der Waals surface area contributed by atoms with Gasteiger partial charge in [-0.25, -0.2) is 0 Å². The van der Waals surface area contributed by atoms with E-state index in [9.17, 15) is 4.79 Å². The van der Waals surface area contributed by atoms with E-state index in [-0.39, 0.29) is 23.5 Å². The van der Waals surface area contributed by atoms with Crippen LogP contribution in [0.15, 0.2) is 0 Å². The van der Waals surface area contributed by atoms with Crippen LogP contribution in [0, 0.1) is 11.8 Å². The van der Waals surface area contributed by atoms with Gasteiger partial charge in [-0.1, -0.05) is 13.3 Å². The summed E-state index contributed by atoms with van der Waals surface area (Å²) < 4.78 is 5.30. The summed E-state index contributed by atoms with van der Waals surface area (Å²) in [5, 5.41) is 2.98. The number of rotatable bonds is 5. The Morgan fingerprint density at radius 3 is 2.72 bits per heavy atom. The fourth-order valence-corrected chi connectivity index (χ4v) is 2.47. The smallest absolute Gasteiger partial charge is 0.223 e. The molecule has 4 heteroatoms. The van der Waals surface area contributed by atoms with Gasteiger partial charge in [0.25, 0.3) is 0 Å². The van der Waals surface area contributed by atoms with Crippen molar-refractivity contribution in [2.75, 3.05) is 13.7 Å². The van der Waals surface area contributed by atoms with Crippen molar-refractivity contribution in [1.29, 1.82) is 0 Å². The Bertz CT molecular complexity index is 279. The Balaban J connectivity index is 2.41. The molecule has 0 aromatic rings. The van der Waals surface area contributed by atoms with E-state index in [0.717, 1.165) is 25.7 Å². The lowest BCUT2D eigenvalue weighted by molar-refractivity contribution is -0.127. The largest absolute Gasteiger partial charge is 0.377 e. The second-order valence-electron chi connectivity index (χ2n) is 6.16. The average molecular weight is 256 g/mol. The van der Waals surface area contributed by atoms with Crippen molar-refractivity contribution >= 4 is 5.91 Å². The fraction of sp³-hybridized carbons (Fsp3) is 0.929. The lowest BCUT2D eigenvalue weighted by Crippen LogP contribution is -2.44. The van der Waals surface area contributed by atoms with Gasteiger partial charge in [0.05, 0.1) is 5.60 Å². The van der Waals surface area contributed by atoms with Gasteiger partial charge in [-0.2, -0.15) is 0 Å².